The first kappa shape index (κ1) is 32.0. The average Bonchev–Trinajstić information content (AvgIpc) is 3.61. The number of nitrogens with zero attached hydrogens (tertiary/aromatic N) is 2. The van der Waals surface area contributed by atoms with Crippen LogP contribution < -0.4 is 4.90 Å². The number of benzene rings is 10. The molecule has 262 valence electrons. The number of anilines is 3. The Morgan fingerprint density at radius 2 is 0.839 bits per heavy atom. The summed E-state index contributed by atoms with van der Waals surface area (Å²) in [6, 6.07) is 79.5. The minimum Gasteiger partial charge on any atom is -0.310 e. The number of para-hydroxylation sites is 2. The molecule has 0 bridgehead atoms. The van der Waals surface area contributed by atoms with E-state index in [1.54, 1.807) is 0 Å². The van der Waals surface area contributed by atoms with Gasteiger partial charge in [-0.15, -0.1) is 0 Å². The average molecular weight is 713 g/mol. The molecule has 2 nitrogen and oxygen atoms in total. The molecular formula is C54H36N2. The maximum atomic E-state index is 2.39. The van der Waals surface area contributed by atoms with Gasteiger partial charge in [0.05, 0.1) is 11.0 Å². The Morgan fingerprint density at radius 1 is 0.286 bits per heavy atom. The van der Waals surface area contributed by atoms with Crippen LogP contribution in [0.15, 0.2) is 218 Å². The van der Waals surface area contributed by atoms with Crippen molar-refractivity contribution in [2.24, 2.45) is 0 Å². The van der Waals surface area contributed by atoms with E-state index in [1.807, 2.05) is 0 Å². The van der Waals surface area contributed by atoms with Crippen molar-refractivity contribution in [3.8, 4) is 27.9 Å². The second kappa shape index (κ2) is 13.2. The van der Waals surface area contributed by atoms with Gasteiger partial charge < -0.3 is 9.47 Å². The Labute approximate surface area is 325 Å². The molecule has 56 heavy (non-hydrogen) atoms. The van der Waals surface area contributed by atoms with Crippen LogP contribution in [0, 0.1) is 0 Å². The lowest BCUT2D eigenvalue weighted by atomic mass is 9.94. The Hall–Kier alpha value is -7.42. The molecule has 0 atom stereocenters. The molecule has 0 radical (unpaired) electrons. The quantitative estimate of drug-likeness (QED) is 0.156. The molecule has 2 heteroatoms. The van der Waals surface area contributed by atoms with Crippen molar-refractivity contribution >= 4 is 71.2 Å². The summed E-state index contributed by atoms with van der Waals surface area (Å²) in [6.07, 6.45) is 0. The van der Waals surface area contributed by atoms with Gasteiger partial charge in [0, 0.05) is 33.5 Å². The number of fused-ring (bicyclic) bond motifs is 7. The summed E-state index contributed by atoms with van der Waals surface area (Å²) in [7, 11) is 0. The highest BCUT2D eigenvalue weighted by molar-refractivity contribution is 6.12. The van der Waals surface area contributed by atoms with Gasteiger partial charge in [0.15, 0.2) is 0 Å². The third-order valence-electron chi connectivity index (χ3n) is 11.4. The van der Waals surface area contributed by atoms with Crippen molar-refractivity contribution in [3.63, 3.8) is 0 Å². The summed E-state index contributed by atoms with van der Waals surface area (Å²) in [6.45, 7) is 0. The summed E-state index contributed by atoms with van der Waals surface area (Å²) in [4.78, 5) is 2.38. The standard InChI is InChI=1S/C54H36N2/c1-2-13-41-35-42(24-23-37(41)11-1)38-25-30-43(31-26-38)55(45-14-9-15-46(36-45)56-53-21-7-5-17-51(53)52-18-6-8-22-54(52)56)44-32-27-40(28-33-44)48-19-10-20-49-47-16-4-3-12-39(47)29-34-50(48)49/h1-36H. The van der Waals surface area contributed by atoms with E-state index in [9.17, 15) is 0 Å². The van der Waals surface area contributed by atoms with Gasteiger partial charge in [-0.1, -0.05) is 158 Å². The van der Waals surface area contributed by atoms with Crippen LogP contribution in [0.4, 0.5) is 17.1 Å². The van der Waals surface area contributed by atoms with Gasteiger partial charge in [-0.05, 0) is 115 Å². The van der Waals surface area contributed by atoms with Gasteiger partial charge in [0.2, 0.25) is 0 Å². The fourth-order valence-electron chi connectivity index (χ4n) is 8.67. The molecule has 0 unspecified atom stereocenters. The molecule has 0 N–H and O–H groups in total. The van der Waals surface area contributed by atoms with E-state index in [1.165, 1.54) is 76.4 Å². The zero-order chi connectivity index (χ0) is 37.0. The van der Waals surface area contributed by atoms with Crippen LogP contribution >= 0.6 is 0 Å². The third-order valence-corrected chi connectivity index (χ3v) is 11.4. The monoisotopic (exact) mass is 712 g/mol. The van der Waals surface area contributed by atoms with E-state index >= 15 is 0 Å². The molecule has 0 saturated carbocycles. The predicted octanol–water partition coefficient (Wildman–Crippen LogP) is 15.0. The number of rotatable bonds is 6. The van der Waals surface area contributed by atoms with Crippen molar-refractivity contribution in [1.29, 1.82) is 0 Å². The van der Waals surface area contributed by atoms with Crippen LogP contribution in [-0.4, -0.2) is 4.57 Å². The van der Waals surface area contributed by atoms with Crippen molar-refractivity contribution in [1.82, 2.24) is 4.57 Å². The minimum absolute atomic E-state index is 1.09. The summed E-state index contributed by atoms with van der Waals surface area (Å²) in [5.74, 6) is 0. The molecule has 0 fully saturated rings. The smallest absolute Gasteiger partial charge is 0.0541 e. The molecular weight excluding hydrogens is 677 g/mol. The maximum absolute atomic E-state index is 2.39. The first-order valence-corrected chi connectivity index (χ1v) is 19.3. The Kier molecular flexibility index (Phi) is 7.53. The zero-order valence-electron chi connectivity index (χ0n) is 30.7. The molecule has 1 heterocycles. The summed E-state index contributed by atoms with van der Waals surface area (Å²) in [5, 5.41) is 10.1. The van der Waals surface area contributed by atoms with Crippen LogP contribution in [-0.2, 0) is 0 Å². The molecule has 10 aromatic carbocycles. The zero-order valence-corrected chi connectivity index (χ0v) is 30.7. The second-order valence-electron chi connectivity index (χ2n) is 14.6. The molecule has 0 amide bonds. The van der Waals surface area contributed by atoms with Gasteiger partial charge in [0.1, 0.15) is 0 Å². The van der Waals surface area contributed by atoms with Crippen LogP contribution in [0.25, 0.3) is 82.1 Å². The SMILES string of the molecule is c1cc(N(c2ccc(-c3ccc4ccccc4c3)cc2)c2ccc(-c3cccc4c3ccc3ccccc34)cc2)cc(-n2c3ccccc3c3ccccc32)c1. The molecule has 0 aliphatic rings. The largest absolute Gasteiger partial charge is 0.310 e. The maximum Gasteiger partial charge on any atom is 0.0541 e. The number of hydrogen-bond donors (Lipinski definition) is 0. The lowest BCUT2D eigenvalue weighted by Gasteiger charge is -2.27. The minimum atomic E-state index is 1.09. The second-order valence-corrected chi connectivity index (χ2v) is 14.6. The van der Waals surface area contributed by atoms with Crippen LogP contribution in [0.2, 0.25) is 0 Å². The predicted molar refractivity (Wildman–Crippen MR) is 239 cm³/mol. The number of hydrogen-bond acceptors (Lipinski definition) is 1. The normalized spacial score (nSPS) is 11.6. The Bertz CT molecular complexity index is 3190. The van der Waals surface area contributed by atoms with Crippen molar-refractivity contribution in [3.05, 3.63) is 218 Å². The van der Waals surface area contributed by atoms with Gasteiger partial charge in [-0.2, -0.15) is 0 Å². The first-order chi connectivity index (χ1) is 27.8. The molecule has 11 aromatic rings. The van der Waals surface area contributed by atoms with E-state index < -0.39 is 0 Å². The molecule has 11 rings (SSSR count). The van der Waals surface area contributed by atoms with Crippen LogP contribution in [0.3, 0.4) is 0 Å². The first-order valence-electron chi connectivity index (χ1n) is 19.3. The topological polar surface area (TPSA) is 8.17 Å². The van der Waals surface area contributed by atoms with Crippen molar-refractivity contribution in [2.75, 3.05) is 4.90 Å². The highest BCUT2D eigenvalue weighted by atomic mass is 15.1. The van der Waals surface area contributed by atoms with Crippen LogP contribution in [0.1, 0.15) is 0 Å². The lowest BCUT2D eigenvalue weighted by Crippen LogP contribution is -2.10. The summed E-state index contributed by atoms with van der Waals surface area (Å²) >= 11 is 0. The van der Waals surface area contributed by atoms with E-state index in [0.29, 0.717) is 0 Å². The summed E-state index contributed by atoms with van der Waals surface area (Å²) in [5.41, 5.74) is 11.6. The Balaban J connectivity index is 1.04. The van der Waals surface area contributed by atoms with Crippen molar-refractivity contribution < 1.29 is 0 Å². The Morgan fingerprint density at radius 3 is 1.57 bits per heavy atom. The number of aromatic nitrogens is 1. The van der Waals surface area contributed by atoms with Gasteiger partial charge in [0.25, 0.3) is 0 Å². The molecule has 0 spiro atoms. The van der Waals surface area contributed by atoms with Gasteiger partial charge >= 0.3 is 0 Å². The van der Waals surface area contributed by atoms with E-state index in [4.69, 9.17) is 0 Å². The molecule has 0 aliphatic heterocycles. The lowest BCUT2D eigenvalue weighted by molar-refractivity contribution is 1.17. The summed E-state index contributed by atoms with van der Waals surface area (Å²) < 4.78 is 2.39. The molecule has 0 aliphatic carbocycles. The van der Waals surface area contributed by atoms with E-state index in [0.717, 1.165) is 22.7 Å². The van der Waals surface area contributed by atoms with Crippen molar-refractivity contribution in [2.45, 2.75) is 0 Å². The van der Waals surface area contributed by atoms with E-state index in [-0.39, 0.29) is 0 Å². The van der Waals surface area contributed by atoms with Gasteiger partial charge in [-0.25, -0.2) is 0 Å². The fraction of sp³-hybridized carbons (Fsp3) is 0. The van der Waals surface area contributed by atoms with Gasteiger partial charge in [-0.3, -0.25) is 0 Å². The van der Waals surface area contributed by atoms with Crippen LogP contribution in [0.5, 0.6) is 0 Å². The molecule has 0 saturated heterocycles. The fourth-order valence-corrected chi connectivity index (χ4v) is 8.67. The molecule has 1 aromatic heterocycles. The van der Waals surface area contributed by atoms with E-state index in [2.05, 4.69) is 228 Å². The highest BCUT2D eigenvalue weighted by Crippen LogP contribution is 2.40. The highest BCUT2D eigenvalue weighted by Gasteiger charge is 2.17. The third kappa shape index (κ3) is 5.34.